The first-order valence-electron chi connectivity index (χ1n) is 5.18. The molecule has 0 amide bonds. The van der Waals surface area contributed by atoms with Gasteiger partial charge < -0.3 is 14.8 Å². The van der Waals surface area contributed by atoms with Crippen LogP contribution in [0.3, 0.4) is 0 Å². The lowest BCUT2D eigenvalue weighted by Gasteiger charge is -2.11. The topological polar surface area (TPSA) is 47.6 Å². The molecule has 0 aromatic heterocycles. The average Bonchev–Trinajstić information content (AvgIpc) is 2.63. The van der Waals surface area contributed by atoms with Crippen LogP contribution in [0, 0.1) is 0 Å². The molecule has 4 nitrogen and oxygen atoms in total. The Morgan fingerprint density at radius 2 is 2.29 bits per heavy atom. The van der Waals surface area contributed by atoms with Crippen molar-refractivity contribution >= 4 is 5.97 Å². The number of esters is 1. The average molecular weight is 201 g/mol. The molecule has 2 unspecified atom stereocenters. The largest absolute Gasteiger partial charge is 0.465 e. The Bertz CT molecular complexity index is 184. The van der Waals surface area contributed by atoms with Crippen LogP contribution in [0.15, 0.2) is 0 Å². The van der Waals surface area contributed by atoms with Gasteiger partial charge in [0.15, 0.2) is 0 Å². The fourth-order valence-corrected chi connectivity index (χ4v) is 1.78. The van der Waals surface area contributed by atoms with Crippen molar-refractivity contribution in [1.82, 2.24) is 5.32 Å². The second kappa shape index (κ2) is 5.98. The number of hydrogen-bond acceptors (Lipinski definition) is 4. The Morgan fingerprint density at radius 1 is 1.50 bits per heavy atom. The normalized spacial score (nSPS) is 26.4. The first-order valence-corrected chi connectivity index (χ1v) is 5.18. The maximum atomic E-state index is 11.0. The molecule has 4 heteroatoms. The molecule has 82 valence electrons. The van der Waals surface area contributed by atoms with Crippen molar-refractivity contribution < 1.29 is 14.3 Å². The van der Waals surface area contributed by atoms with Gasteiger partial charge in [-0.15, -0.1) is 0 Å². The lowest BCUT2D eigenvalue weighted by atomic mass is 10.2. The van der Waals surface area contributed by atoms with Crippen LogP contribution < -0.4 is 5.32 Å². The second-order valence-electron chi connectivity index (χ2n) is 3.55. The van der Waals surface area contributed by atoms with Crippen molar-refractivity contribution in [2.45, 2.75) is 38.3 Å². The highest BCUT2D eigenvalue weighted by atomic mass is 16.5. The highest BCUT2D eigenvalue weighted by Crippen LogP contribution is 2.20. The monoisotopic (exact) mass is 201 g/mol. The summed E-state index contributed by atoms with van der Waals surface area (Å²) in [6, 6.07) is 0.407. The van der Waals surface area contributed by atoms with E-state index in [1.807, 2.05) is 6.92 Å². The molecule has 0 spiro atoms. The Kier molecular flexibility index (Phi) is 4.90. The van der Waals surface area contributed by atoms with Gasteiger partial charge in [0.25, 0.3) is 0 Å². The fraction of sp³-hybridized carbons (Fsp3) is 0.900. The summed E-state index contributed by atoms with van der Waals surface area (Å²) in [5.41, 5.74) is 0. The maximum Gasteiger partial charge on any atom is 0.319 e. The predicted molar refractivity (Wildman–Crippen MR) is 53.1 cm³/mol. The lowest BCUT2D eigenvalue weighted by molar-refractivity contribution is -0.142. The SMILES string of the molecule is CCOC(=O)CNC1CCC(OC)C1. The number of rotatable bonds is 5. The van der Waals surface area contributed by atoms with Gasteiger partial charge in [0.05, 0.1) is 19.3 Å². The zero-order chi connectivity index (χ0) is 10.4. The number of methoxy groups -OCH3 is 1. The van der Waals surface area contributed by atoms with Crippen molar-refractivity contribution in [2.75, 3.05) is 20.3 Å². The third-order valence-electron chi connectivity index (χ3n) is 2.56. The number of ether oxygens (including phenoxy) is 2. The van der Waals surface area contributed by atoms with Gasteiger partial charge in [-0.1, -0.05) is 0 Å². The van der Waals surface area contributed by atoms with E-state index in [0.717, 1.165) is 19.3 Å². The summed E-state index contributed by atoms with van der Waals surface area (Å²) in [6.07, 6.45) is 3.51. The van der Waals surface area contributed by atoms with Crippen LogP contribution in [0.4, 0.5) is 0 Å². The van der Waals surface area contributed by atoms with Gasteiger partial charge in [0.1, 0.15) is 0 Å². The molecule has 1 N–H and O–H groups in total. The van der Waals surface area contributed by atoms with E-state index in [1.165, 1.54) is 0 Å². The van der Waals surface area contributed by atoms with Crippen LogP contribution in [0.25, 0.3) is 0 Å². The molecule has 0 bridgehead atoms. The van der Waals surface area contributed by atoms with Crippen molar-refractivity contribution in [2.24, 2.45) is 0 Å². The fourth-order valence-electron chi connectivity index (χ4n) is 1.78. The summed E-state index contributed by atoms with van der Waals surface area (Å²) in [5, 5.41) is 3.18. The van der Waals surface area contributed by atoms with Gasteiger partial charge in [0.2, 0.25) is 0 Å². The Morgan fingerprint density at radius 3 is 2.86 bits per heavy atom. The standard InChI is InChI=1S/C10H19NO3/c1-3-14-10(12)7-11-8-4-5-9(6-8)13-2/h8-9,11H,3-7H2,1-2H3. The van der Waals surface area contributed by atoms with Crippen LogP contribution >= 0.6 is 0 Å². The minimum atomic E-state index is -0.173. The van der Waals surface area contributed by atoms with Gasteiger partial charge in [-0.3, -0.25) is 4.79 Å². The summed E-state index contributed by atoms with van der Waals surface area (Å²) >= 11 is 0. The van der Waals surface area contributed by atoms with Crippen molar-refractivity contribution in [3.8, 4) is 0 Å². The van der Waals surface area contributed by atoms with Crippen LogP contribution in [0.2, 0.25) is 0 Å². The molecule has 14 heavy (non-hydrogen) atoms. The van der Waals surface area contributed by atoms with Crippen LogP contribution in [0.5, 0.6) is 0 Å². The summed E-state index contributed by atoms with van der Waals surface area (Å²) in [5.74, 6) is -0.173. The van der Waals surface area contributed by atoms with E-state index in [2.05, 4.69) is 5.32 Å². The van der Waals surface area contributed by atoms with E-state index in [1.54, 1.807) is 7.11 Å². The zero-order valence-electron chi connectivity index (χ0n) is 8.91. The minimum Gasteiger partial charge on any atom is -0.465 e. The molecule has 1 aliphatic rings. The van der Waals surface area contributed by atoms with E-state index in [9.17, 15) is 4.79 Å². The molecule has 0 saturated heterocycles. The van der Waals surface area contributed by atoms with Crippen molar-refractivity contribution in [3.63, 3.8) is 0 Å². The highest BCUT2D eigenvalue weighted by molar-refractivity contribution is 5.71. The first kappa shape index (κ1) is 11.5. The molecule has 2 atom stereocenters. The quantitative estimate of drug-likeness (QED) is 0.665. The third kappa shape index (κ3) is 3.64. The van der Waals surface area contributed by atoms with Crippen LogP contribution in [0.1, 0.15) is 26.2 Å². The van der Waals surface area contributed by atoms with Gasteiger partial charge >= 0.3 is 5.97 Å². The molecule has 1 fully saturated rings. The van der Waals surface area contributed by atoms with Crippen LogP contribution in [-0.2, 0) is 14.3 Å². The molecule has 1 rings (SSSR count). The van der Waals surface area contributed by atoms with E-state index >= 15 is 0 Å². The predicted octanol–water partition coefficient (Wildman–Crippen LogP) is 0.707. The van der Waals surface area contributed by atoms with E-state index in [4.69, 9.17) is 9.47 Å². The summed E-state index contributed by atoms with van der Waals surface area (Å²) < 4.78 is 10.1. The molecule has 0 aliphatic heterocycles. The molecule has 1 saturated carbocycles. The molecule has 1 aliphatic carbocycles. The second-order valence-corrected chi connectivity index (χ2v) is 3.55. The van der Waals surface area contributed by atoms with Gasteiger partial charge in [-0.25, -0.2) is 0 Å². The van der Waals surface area contributed by atoms with Gasteiger partial charge in [-0.05, 0) is 26.2 Å². The summed E-state index contributed by atoms with van der Waals surface area (Å²) in [4.78, 5) is 11.0. The van der Waals surface area contributed by atoms with Crippen LogP contribution in [-0.4, -0.2) is 38.4 Å². The van der Waals surface area contributed by atoms with Crippen molar-refractivity contribution in [3.05, 3.63) is 0 Å². The molecule has 0 radical (unpaired) electrons. The number of carbonyl (C=O) groups excluding carboxylic acids is 1. The van der Waals surface area contributed by atoms with E-state index < -0.39 is 0 Å². The Hall–Kier alpha value is -0.610. The Balaban J connectivity index is 2.11. The minimum absolute atomic E-state index is 0.173. The van der Waals surface area contributed by atoms with E-state index in [0.29, 0.717) is 25.3 Å². The Labute approximate surface area is 85.0 Å². The molecular weight excluding hydrogens is 182 g/mol. The third-order valence-corrected chi connectivity index (χ3v) is 2.56. The smallest absolute Gasteiger partial charge is 0.319 e. The number of carbonyl (C=O) groups is 1. The molecule has 0 aromatic rings. The molecule has 0 heterocycles. The molecule has 0 aromatic carbocycles. The first-order chi connectivity index (χ1) is 6.76. The maximum absolute atomic E-state index is 11.0. The summed E-state index contributed by atoms with van der Waals surface area (Å²) in [6.45, 7) is 2.58. The van der Waals surface area contributed by atoms with Gasteiger partial charge in [0, 0.05) is 13.2 Å². The highest BCUT2D eigenvalue weighted by Gasteiger charge is 2.24. The number of hydrogen-bond donors (Lipinski definition) is 1. The number of nitrogens with one attached hydrogen (secondary N) is 1. The summed E-state index contributed by atoms with van der Waals surface area (Å²) in [7, 11) is 1.73. The van der Waals surface area contributed by atoms with Crippen molar-refractivity contribution in [1.29, 1.82) is 0 Å². The lowest BCUT2D eigenvalue weighted by Crippen LogP contribution is -2.33. The van der Waals surface area contributed by atoms with Gasteiger partial charge in [-0.2, -0.15) is 0 Å². The van der Waals surface area contributed by atoms with E-state index in [-0.39, 0.29) is 5.97 Å². The zero-order valence-corrected chi connectivity index (χ0v) is 8.91. The molecular formula is C10H19NO3.